The third-order valence-electron chi connectivity index (χ3n) is 3.74. The number of benzene rings is 2. The first kappa shape index (κ1) is 18.2. The van der Waals surface area contributed by atoms with Crippen LogP contribution in [-0.4, -0.2) is 18.2 Å². The summed E-state index contributed by atoms with van der Waals surface area (Å²) in [5.74, 6) is 0. The summed E-state index contributed by atoms with van der Waals surface area (Å²) in [4.78, 5) is 0.0255. The molecule has 9 heteroatoms. The van der Waals surface area contributed by atoms with Crippen molar-refractivity contribution >= 4 is 33.0 Å². The highest BCUT2D eigenvalue weighted by atomic mass is 35.5. The van der Waals surface area contributed by atoms with Gasteiger partial charge in [-0.05, 0) is 56.3 Å². The van der Waals surface area contributed by atoms with Crippen molar-refractivity contribution in [3.8, 4) is 5.69 Å². The van der Waals surface area contributed by atoms with Crippen molar-refractivity contribution in [1.29, 1.82) is 0 Å². The summed E-state index contributed by atoms with van der Waals surface area (Å²) in [6.45, 7) is 3.73. The van der Waals surface area contributed by atoms with Gasteiger partial charge in [0, 0.05) is 5.02 Å². The Labute approximate surface area is 156 Å². The highest BCUT2D eigenvalue weighted by Crippen LogP contribution is 2.28. The van der Waals surface area contributed by atoms with Gasteiger partial charge in [-0.15, -0.1) is 5.11 Å². The topological polar surface area (TPSA) is 103 Å². The zero-order chi connectivity index (χ0) is 18.9. The van der Waals surface area contributed by atoms with Crippen molar-refractivity contribution in [1.82, 2.24) is 9.78 Å². The maximum Gasteiger partial charge on any atom is 0.238 e. The van der Waals surface area contributed by atoms with E-state index in [0.29, 0.717) is 22.1 Å². The van der Waals surface area contributed by atoms with Crippen LogP contribution in [0.15, 0.2) is 63.7 Å². The second kappa shape index (κ2) is 6.99. The van der Waals surface area contributed by atoms with Crippen molar-refractivity contribution in [2.24, 2.45) is 15.4 Å². The number of primary sulfonamides is 1. The molecule has 0 atom stereocenters. The van der Waals surface area contributed by atoms with E-state index in [9.17, 15) is 8.42 Å². The number of halogens is 1. The molecule has 1 aromatic heterocycles. The first-order valence-electron chi connectivity index (χ1n) is 7.62. The van der Waals surface area contributed by atoms with Gasteiger partial charge in [-0.3, -0.25) is 0 Å². The van der Waals surface area contributed by atoms with E-state index in [1.165, 1.54) is 24.3 Å². The standard InChI is InChI=1S/C17H16ClN5O2S/c1-11-17(12(2)23(22-11)15-5-3-4-13(18)10-15)21-20-14-6-8-16(9-7-14)26(19,24)25/h3-10H,1-2H3,(H2,19,24,25). The molecule has 0 spiro atoms. The van der Waals surface area contributed by atoms with Gasteiger partial charge in [0.25, 0.3) is 0 Å². The predicted octanol–water partition coefficient (Wildman–Crippen LogP) is 4.21. The third-order valence-corrected chi connectivity index (χ3v) is 4.90. The molecule has 0 fully saturated rings. The minimum Gasteiger partial charge on any atom is -0.235 e. The van der Waals surface area contributed by atoms with Crippen LogP contribution >= 0.6 is 11.6 Å². The first-order valence-corrected chi connectivity index (χ1v) is 9.55. The molecule has 0 aliphatic carbocycles. The van der Waals surface area contributed by atoms with Crippen molar-refractivity contribution in [3.63, 3.8) is 0 Å². The average molecular weight is 390 g/mol. The molecular weight excluding hydrogens is 374 g/mol. The fourth-order valence-corrected chi connectivity index (χ4v) is 3.15. The molecule has 26 heavy (non-hydrogen) atoms. The molecule has 0 saturated carbocycles. The van der Waals surface area contributed by atoms with Crippen LogP contribution in [0.5, 0.6) is 0 Å². The molecule has 1 heterocycles. The number of rotatable bonds is 4. The Balaban J connectivity index is 1.92. The largest absolute Gasteiger partial charge is 0.238 e. The summed E-state index contributed by atoms with van der Waals surface area (Å²) in [6.07, 6.45) is 0. The van der Waals surface area contributed by atoms with E-state index < -0.39 is 10.0 Å². The lowest BCUT2D eigenvalue weighted by Crippen LogP contribution is -2.11. The van der Waals surface area contributed by atoms with E-state index >= 15 is 0 Å². The smallest absolute Gasteiger partial charge is 0.235 e. The Kier molecular flexibility index (Phi) is 4.90. The molecule has 3 aromatic rings. The summed E-state index contributed by atoms with van der Waals surface area (Å²) < 4.78 is 24.3. The predicted molar refractivity (Wildman–Crippen MR) is 100 cm³/mol. The highest BCUT2D eigenvalue weighted by Gasteiger charge is 2.13. The number of hydrogen-bond donors (Lipinski definition) is 1. The maximum absolute atomic E-state index is 11.3. The lowest BCUT2D eigenvalue weighted by atomic mass is 10.3. The number of hydrogen-bond acceptors (Lipinski definition) is 5. The number of nitrogens with two attached hydrogens (primary N) is 1. The van der Waals surface area contributed by atoms with Crippen LogP contribution < -0.4 is 5.14 Å². The molecule has 0 aliphatic rings. The quantitative estimate of drug-likeness (QED) is 0.676. The van der Waals surface area contributed by atoms with Crippen LogP contribution in [0, 0.1) is 13.8 Å². The fourth-order valence-electron chi connectivity index (χ4n) is 2.45. The summed E-state index contributed by atoms with van der Waals surface area (Å²) in [5.41, 5.74) is 3.51. The van der Waals surface area contributed by atoms with Crippen molar-refractivity contribution < 1.29 is 8.42 Å². The van der Waals surface area contributed by atoms with Gasteiger partial charge in [-0.1, -0.05) is 17.7 Å². The van der Waals surface area contributed by atoms with Crippen molar-refractivity contribution in [2.75, 3.05) is 0 Å². The van der Waals surface area contributed by atoms with E-state index in [0.717, 1.165) is 11.4 Å². The normalized spacial score (nSPS) is 12.0. The Bertz CT molecular complexity index is 1090. The molecule has 0 radical (unpaired) electrons. The molecule has 0 bridgehead atoms. The Hall–Kier alpha value is -2.55. The van der Waals surface area contributed by atoms with Gasteiger partial charge >= 0.3 is 0 Å². The minimum atomic E-state index is -3.73. The van der Waals surface area contributed by atoms with Gasteiger partial charge in [-0.25, -0.2) is 18.2 Å². The number of nitrogens with zero attached hydrogens (tertiary/aromatic N) is 4. The zero-order valence-corrected chi connectivity index (χ0v) is 15.7. The molecule has 0 aliphatic heterocycles. The lowest BCUT2D eigenvalue weighted by Gasteiger charge is -2.04. The van der Waals surface area contributed by atoms with Crippen LogP contribution in [0.3, 0.4) is 0 Å². The van der Waals surface area contributed by atoms with Crippen molar-refractivity contribution in [3.05, 3.63) is 64.9 Å². The second-order valence-corrected chi connectivity index (χ2v) is 7.65. The Morgan fingerprint density at radius 2 is 1.77 bits per heavy atom. The molecule has 0 unspecified atom stereocenters. The van der Waals surface area contributed by atoms with E-state index in [2.05, 4.69) is 15.3 Å². The van der Waals surface area contributed by atoms with Gasteiger partial charge in [0.1, 0.15) is 5.69 Å². The SMILES string of the molecule is Cc1nn(-c2cccc(Cl)c2)c(C)c1N=Nc1ccc(S(N)(=O)=O)cc1. The van der Waals surface area contributed by atoms with E-state index in [1.54, 1.807) is 10.7 Å². The molecular formula is C17H16ClN5O2S. The van der Waals surface area contributed by atoms with Gasteiger partial charge in [0.05, 0.1) is 27.7 Å². The van der Waals surface area contributed by atoms with E-state index in [4.69, 9.17) is 16.7 Å². The summed E-state index contributed by atoms with van der Waals surface area (Å²) >= 11 is 6.04. The molecule has 2 N–H and O–H groups in total. The number of aromatic nitrogens is 2. The summed E-state index contributed by atoms with van der Waals surface area (Å²) in [6, 6.07) is 13.2. The monoisotopic (exact) mass is 389 g/mol. The fraction of sp³-hybridized carbons (Fsp3) is 0.118. The Morgan fingerprint density at radius 3 is 2.38 bits per heavy atom. The number of sulfonamides is 1. The van der Waals surface area contributed by atoms with Crippen LogP contribution in [0.25, 0.3) is 5.69 Å². The van der Waals surface area contributed by atoms with Gasteiger partial charge in [0.15, 0.2) is 0 Å². The van der Waals surface area contributed by atoms with Crippen molar-refractivity contribution in [2.45, 2.75) is 18.7 Å². The third kappa shape index (κ3) is 3.82. The van der Waals surface area contributed by atoms with Crippen LogP contribution in [0.1, 0.15) is 11.4 Å². The molecule has 3 rings (SSSR count). The molecule has 2 aromatic carbocycles. The molecule has 7 nitrogen and oxygen atoms in total. The molecule has 0 saturated heterocycles. The first-order chi connectivity index (χ1) is 12.3. The Morgan fingerprint density at radius 1 is 1.08 bits per heavy atom. The summed E-state index contributed by atoms with van der Waals surface area (Å²) in [5, 5.41) is 18.6. The number of azo groups is 1. The maximum atomic E-state index is 11.3. The van der Waals surface area contributed by atoms with Crippen LogP contribution in [-0.2, 0) is 10.0 Å². The number of aryl methyl sites for hydroxylation is 1. The van der Waals surface area contributed by atoms with E-state index in [1.807, 2.05) is 32.0 Å². The zero-order valence-electron chi connectivity index (χ0n) is 14.1. The van der Waals surface area contributed by atoms with Gasteiger partial charge in [-0.2, -0.15) is 10.2 Å². The summed E-state index contributed by atoms with van der Waals surface area (Å²) in [7, 11) is -3.73. The van der Waals surface area contributed by atoms with E-state index in [-0.39, 0.29) is 4.90 Å². The van der Waals surface area contributed by atoms with Crippen LogP contribution in [0.2, 0.25) is 5.02 Å². The highest BCUT2D eigenvalue weighted by molar-refractivity contribution is 7.89. The second-order valence-electron chi connectivity index (χ2n) is 5.65. The van der Waals surface area contributed by atoms with Gasteiger partial charge < -0.3 is 0 Å². The van der Waals surface area contributed by atoms with Crippen LogP contribution in [0.4, 0.5) is 11.4 Å². The minimum absolute atomic E-state index is 0.0255. The lowest BCUT2D eigenvalue weighted by molar-refractivity contribution is 0.598. The molecule has 0 amide bonds. The average Bonchev–Trinajstić information content (AvgIpc) is 2.87. The van der Waals surface area contributed by atoms with Gasteiger partial charge in [0.2, 0.25) is 10.0 Å². The molecule has 134 valence electrons.